The molecule has 1 aliphatic carbocycles. The van der Waals surface area contributed by atoms with Crippen LogP contribution in [-0.2, 0) is 15.1 Å². The van der Waals surface area contributed by atoms with Gasteiger partial charge in [0, 0.05) is 12.6 Å². The standard InChI is InChI=1S/C15H22N2O2/c1-17(13-9-6-10-13)11-15(16,14(18)19-2)12-7-4-3-5-8-12/h3-5,7-8,13H,6,9-11,16H2,1-2H3. The van der Waals surface area contributed by atoms with Crippen LogP contribution in [0.25, 0.3) is 0 Å². The summed E-state index contributed by atoms with van der Waals surface area (Å²) in [6, 6.07) is 10.00. The second kappa shape index (κ2) is 5.72. The zero-order valence-electron chi connectivity index (χ0n) is 11.6. The van der Waals surface area contributed by atoms with Gasteiger partial charge in [-0.15, -0.1) is 0 Å². The molecule has 0 heterocycles. The van der Waals surface area contributed by atoms with Gasteiger partial charge in [-0.05, 0) is 25.5 Å². The number of nitrogens with two attached hydrogens (primary N) is 1. The number of hydrogen-bond acceptors (Lipinski definition) is 4. The number of likely N-dealkylation sites (N-methyl/N-ethyl adjacent to an activating group) is 1. The molecule has 1 saturated carbocycles. The third-order valence-electron chi connectivity index (χ3n) is 4.04. The molecule has 1 fully saturated rings. The number of ether oxygens (including phenoxy) is 1. The Hall–Kier alpha value is -1.39. The summed E-state index contributed by atoms with van der Waals surface area (Å²) < 4.78 is 4.91. The van der Waals surface area contributed by atoms with E-state index in [9.17, 15) is 4.79 Å². The molecule has 4 nitrogen and oxygen atoms in total. The van der Waals surface area contributed by atoms with E-state index < -0.39 is 5.54 Å². The van der Waals surface area contributed by atoms with Crippen molar-refractivity contribution in [3.8, 4) is 0 Å². The molecule has 2 rings (SSSR count). The zero-order chi connectivity index (χ0) is 13.9. The van der Waals surface area contributed by atoms with Gasteiger partial charge in [-0.3, -0.25) is 0 Å². The van der Waals surface area contributed by atoms with Gasteiger partial charge in [0.2, 0.25) is 0 Å². The summed E-state index contributed by atoms with van der Waals surface area (Å²) in [7, 11) is 3.41. The molecule has 4 heteroatoms. The maximum atomic E-state index is 12.1. The first-order valence-corrected chi connectivity index (χ1v) is 6.71. The maximum Gasteiger partial charge on any atom is 0.331 e. The molecule has 104 valence electrons. The fraction of sp³-hybridized carbons (Fsp3) is 0.533. The summed E-state index contributed by atoms with van der Waals surface area (Å²) in [5.41, 5.74) is 6.08. The number of esters is 1. The van der Waals surface area contributed by atoms with E-state index >= 15 is 0 Å². The number of carbonyl (C=O) groups is 1. The summed E-state index contributed by atoms with van der Waals surface area (Å²) in [4.78, 5) is 14.3. The molecule has 1 unspecified atom stereocenters. The normalized spacial score (nSPS) is 18.7. The van der Waals surface area contributed by atoms with Gasteiger partial charge in [-0.25, -0.2) is 4.79 Å². The smallest absolute Gasteiger partial charge is 0.331 e. The molecule has 1 aromatic carbocycles. The van der Waals surface area contributed by atoms with Crippen molar-refractivity contribution in [2.24, 2.45) is 5.73 Å². The summed E-state index contributed by atoms with van der Waals surface area (Å²) in [5.74, 6) is -0.384. The quantitative estimate of drug-likeness (QED) is 0.817. The molecule has 0 radical (unpaired) electrons. The van der Waals surface area contributed by atoms with Crippen molar-refractivity contribution in [1.29, 1.82) is 0 Å². The number of methoxy groups -OCH3 is 1. The van der Waals surface area contributed by atoms with Crippen LogP contribution >= 0.6 is 0 Å². The van der Waals surface area contributed by atoms with Crippen molar-refractivity contribution in [3.05, 3.63) is 35.9 Å². The Labute approximate surface area is 114 Å². The monoisotopic (exact) mass is 262 g/mol. The zero-order valence-corrected chi connectivity index (χ0v) is 11.6. The van der Waals surface area contributed by atoms with Gasteiger partial charge in [-0.1, -0.05) is 36.8 Å². The Balaban J connectivity index is 2.21. The van der Waals surface area contributed by atoms with E-state index in [1.807, 2.05) is 37.4 Å². The Morgan fingerprint density at radius 1 is 1.42 bits per heavy atom. The lowest BCUT2D eigenvalue weighted by Crippen LogP contribution is -2.55. The molecule has 0 bridgehead atoms. The largest absolute Gasteiger partial charge is 0.467 e. The molecular formula is C15H22N2O2. The first kappa shape index (κ1) is 14.0. The van der Waals surface area contributed by atoms with Crippen LogP contribution in [0.15, 0.2) is 30.3 Å². The summed E-state index contributed by atoms with van der Waals surface area (Å²) in [5, 5.41) is 0. The second-order valence-electron chi connectivity index (χ2n) is 5.33. The van der Waals surface area contributed by atoms with Crippen LogP contribution in [0.2, 0.25) is 0 Å². The van der Waals surface area contributed by atoms with Gasteiger partial charge >= 0.3 is 5.97 Å². The minimum Gasteiger partial charge on any atom is -0.467 e. The van der Waals surface area contributed by atoms with Crippen molar-refractivity contribution in [3.63, 3.8) is 0 Å². The van der Waals surface area contributed by atoms with Crippen LogP contribution in [0.3, 0.4) is 0 Å². The van der Waals surface area contributed by atoms with Crippen molar-refractivity contribution >= 4 is 5.97 Å². The van der Waals surface area contributed by atoms with E-state index in [1.54, 1.807) is 0 Å². The predicted octanol–water partition coefficient (Wildman–Crippen LogP) is 1.50. The van der Waals surface area contributed by atoms with Crippen LogP contribution in [0.4, 0.5) is 0 Å². The molecule has 0 amide bonds. The molecule has 0 aliphatic heterocycles. The number of rotatable bonds is 5. The lowest BCUT2D eigenvalue weighted by Gasteiger charge is -2.39. The first-order valence-electron chi connectivity index (χ1n) is 6.71. The van der Waals surface area contributed by atoms with Crippen LogP contribution < -0.4 is 5.73 Å². The average Bonchev–Trinajstić information content (AvgIpc) is 2.36. The van der Waals surface area contributed by atoms with E-state index in [1.165, 1.54) is 26.4 Å². The molecular weight excluding hydrogens is 240 g/mol. The highest BCUT2D eigenvalue weighted by molar-refractivity contribution is 5.82. The van der Waals surface area contributed by atoms with Gasteiger partial charge in [0.15, 0.2) is 5.54 Å². The highest BCUT2D eigenvalue weighted by atomic mass is 16.5. The van der Waals surface area contributed by atoms with E-state index in [0.29, 0.717) is 12.6 Å². The van der Waals surface area contributed by atoms with E-state index in [2.05, 4.69) is 4.90 Å². The third-order valence-corrected chi connectivity index (χ3v) is 4.04. The Morgan fingerprint density at radius 2 is 2.05 bits per heavy atom. The van der Waals surface area contributed by atoms with Crippen LogP contribution in [0.5, 0.6) is 0 Å². The fourth-order valence-corrected chi connectivity index (χ4v) is 2.54. The van der Waals surface area contributed by atoms with Crippen LogP contribution in [-0.4, -0.2) is 37.6 Å². The van der Waals surface area contributed by atoms with E-state index in [0.717, 1.165) is 5.56 Å². The molecule has 0 spiro atoms. The number of hydrogen-bond donors (Lipinski definition) is 1. The Morgan fingerprint density at radius 3 is 2.53 bits per heavy atom. The van der Waals surface area contributed by atoms with Gasteiger partial charge in [-0.2, -0.15) is 0 Å². The minimum atomic E-state index is -1.10. The van der Waals surface area contributed by atoms with Crippen molar-refractivity contribution in [1.82, 2.24) is 4.90 Å². The summed E-state index contributed by atoms with van der Waals surface area (Å²) in [6.45, 7) is 0.481. The Bertz CT molecular complexity index is 431. The molecule has 2 N–H and O–H groups in total. The maximum absolute atomic E-state index is 12.1. The van der Waals surface area contributed by atoms with Gasteiger partial charge < -0.3 is 15.4 Å². The van der Waals surface area contributed by atoms with Crippen LogP contribution in [0, 0.1) is 0 Å². The molecule has 19 heavy (non-hydrogen) atoms. The number of benzene rings is 1. The topological polar surface area (TPSA) is 55.6 Å². The molecule has 1 atom stereocenters. The predicted molar refractivity (Wildman–Crippen MR) is 74.6 cm³/mol. The second-order valence-corrected chi connectivity index (χ2v) is 5.33. The summed E-state index contributed by atoms with van der Waals surface area (Å²) in [6.07, 6.45) is 3.63. The molecule has 0 aromatic heterocycles. The van der Waals surface area contributed by atoms with Crippen molar-refractivity contribution in [2.45, 2.75) is 30.8 Å². The molecule has 0 saturated heterocycles. The fourth-order valence-electron chi connectivity index (χ4n) is 2.54. The van der Waals surface area contributed by atoms with E-state index in [-0.39, 0.29) is 5.97 Å². The highest BCUT2D eigenvalue weighted by Crippen LogP contribution is 2.28. The van der Waals surface area contributed by atoms with Crippen molar-refractivity contribution in [2.75, 3.05) is 20.7 Å². The lowest BCUT2D eigenvalue weighted by atomic mass is 9.87. The van der Waals surface area contributed by atoms with Gasteiger partial charge in [0.05, 0.1) is 7.11 Å². The number of carbonyl (C=O) groups excluding carboxylic acids is 1. The average molecular weight is 262 g/mol. The lowest BCUT2D eigenvalue weighted by molar-refractivity contribution is -0.148. The highest BCUT2D eigenvalue weighted by Gasteiger charge is 2.40. The number of nitrogens with zero attached hydrogens (tertiary/aromatic N) is 1. The molecule has 1 aliphatic rings. The third kappa shape index (κ3) is 2.80. The molecule has 1 aromatic rings. The van der Waals surface area contributed by atoms with Gasteiger partial charge in [0.25, 0.3) is 0 Å². The van der Waals surface area contributed by atoms with Crippen LogP contribution in [0.1, 0.15) is 24.8 Å². The van der Waals surface area contributed by atoms with E-state index in [4.69, 9.17) is 10.5 Å². The van der Waals surface area contributed by atoms with Gasteiger partial charge in [0.1, 0.15) is 0 Å². The first-order chi connectivity index (χ1) is 9.08. The Kier molecular flexibility index (Phi) is 4.22. The SMILES string of the molecule is COC(=O)C(N)(CN(C)C1CCC1)c1ccccc1. The van der Waals surface area contributed by atoms with Crippen molar-refractivity contribution < 1.29 is 9.53 Å². The minimum absolute atomic E-state index is 0.384. The summed E-state index contributed by atoms with van der Waals surface area (Å²) >= 11 is 0.